The molecule has 2 aromatic heterocycles. The van der Waals surface area contributed by atoms with Crippen LogP contribution in [-0.4, -0.2) is 52.8 Å². The molecule has 5 heterocycles. The normalized spacial score (nSPS) is 26.0. The van der Waals surface area contributed by atoms with Crippen LogP contribution in [-0.2, 0) is 4.74 Å². The average molecular weight is 499 g/mol. The van der Waals surface area contributed by atoms with Gasteiger partial charge >= 0.3 is 0 Å². The lowest BCUT2D eigenvalue weighted by Crippen LogP contribution is -2.54. The van der Waals surface area contributed by atoms with Crippen molar-refractivity contribution in [3.8, 4) is 5.75 Å². The van der Waals surface area contributed by atoms with E-state index in [-0.39, 0.29) is 25.9 Å². The molecule has 6 rings (SSSR count). The number of piperidine rings is 1. The number of ether oxygens (including phenoxy) is 2. The van der Waals surface area contributed by atoms with Crippen molar-refractivity contribution in [1.82, 2.24) is 20.1 Å². The van der Waals surface area contributed by atoms with Gasteiger partial charge in [-0.2, -0.15) is 5.10 Å². The number of aromatic nitrogens is 3. The van der Waals surface area contributed by atoms with Gasteiger partial charge in [0.25, 0.3) is 11.8 Å². The molecule has 2 N–H and O–H groups in total. The van der Waals surface area contributed by atoms with Crippen LogP contribution in [0.15, 0.2) is 49.0 Å². The van der Waals surface area contributed by atoms with Crippen LogP contribution < -0.4 is 20.3 Å². The van der Waals surface area contributed by atoms with E-state index in [1.807, 2.05) is 52.3 Å². The zero-order valence-electron chi connectivity index (χ0n) is 20.2. The van der Waals surface area contributed by atoms with Gasteiger partial charge in [0.05, 0.1) is 12.2 Å². The van der Waals surface area contributed by atoms with Crippen molar-refractivity contribution >= 4 is 11.5 Å². The number of dihydropyridines is 1. The maximum absolute atomic E-state index is 13.6. The number of alkyl halides is 2. The molecule has 3 fully saturated rings. The molecule has 1 atom stereocenters. The van der Waals surface area contributed by atoms with Gasteiger partial charge in [0, 0.05) is 75.3 Å². The lowest BCUT2D eigenvalue weighted by Gasteiger charge is -2.36. The van der Waals surface area contributed by atoms with E-state index in [0.717, 1.165) is 56.0 Å². The Morgan fingerprint density at radius 3 is 2.64 bits per heavy atom. The van der Waals surface area contributed by atoms with E-state index in [1.165, 1.54) is 0 Å². The molecule has 3 aliphatic heterocycles. The highest BCUT2D eigenvalue weighted by Crippen LogP contribution is 2.40. The molecule has 0 aromatic carbocycles. The molecule has 2 aromatic rings. The summed E-state index contributed by atoms with van der Waals surface area (Å²) in [7, 11) is 0. The van der Waals surface area contributed by atoms with Gasteiger partial charge in [-0.15, -0.1) is 0 Å². The first-order chi connectivity index (χ1) is 17.5. The number of rotatable bonds is 7. The molecule has 2 saturated heterocycles. The standard InChI is InChI=1S/C26H32F2N6O2/c27-25(28)9-13-33(14-10-25)23-17-20(5-12-29-23)31-26(8-1-2-11-30-26)36-22-18-34(21-3-4-21)32-24(22)19-6-15-35-16-7-19/h1-2,5,8,11-12,17-19,21,30H,3-4,6-7,9-10,13-16H2,(H,29,31). The largest absolute Gasteiger partial charge is 0.443 e. The fourth-order valence-corrected chi connectivity index (χ4v) is 5.00. The molecule has 1 saturated carbocycles. The molecule has 4 aliphatic rings. The zero-order chi connectivity index (χ0) is 24.6. The van der Waals surface area contributed by atoms with Gasteiger partial charge < -0.3 is 25.0 Å². The molecule has 0 bridgehead atoms. The highest BCUT2D eigenvalue weighted by Gasteiger charge is 2.36. The van der Waals surface area contributed by atoms with E-state index in [1.54, 1.807) is 6.20 Å². The Hall–Kier alpha value is -3.14. The molecule has 1 unspecified atom stereocenters. The molecule has 0 radical (unpaired) electrons. The van der Waals surface area contributed by atoms with Crippen molar-refractivity contribution in [3.05, 3.63) is 54.6 Å². The van der Waals surface area contributed by atoms with E-state index >= 15 is 0 Å². The second-order valence-corrected chi connectivity index (χ2v) is 10.0. The van der Waals surface area contributed by atoms with Crippen LogP contribution >= 0.6 is 0 Å². The van der Waals surface area contributed by atoms with Gasteiger partial charge in [0.2, 0.25) is 0 Å². The van der Waals surface area contributed by atoms with Gasteiger partial charge in [-0.05, 0) is 37.8 Å². The lowest BCUT2D eigenvalue weighted by molar-refractivity contribution is -0.0221. The lowest BCUT2D eigenvalue weighted by atomic mass is 9.96. The number of hydrogen-bond donors (Lipinski definition) is 2. The van der Waals surface area contributed by atoms with Crippen LogP contribution in [0.1, 0.15) is 56.2 Å². The van der Waals surface area contributed by atoms with E-state index in [2.05, 4.69) is 15.6 Å². The Kier molecular flexibility index (Phi) is 6.07. The van der Waals surface area contributed by atoms with Crippen molar-refractivity contribution in [3.63, 3.8) is 0 Å². The Labute approximate surface area is 209 Å². The third-order valence-corrected chi connectivity index (χ3v) is 7.26. The van der Waals surface area contributed by atoms with Gasteiger partial charge in [-0.3, -0.25) is 4.68 Å². The summed E-state index contributed by atoms with van der Waals surface area (Å²) in [5, 5.41) is 11.7. The summed E-state index contributed by atoms with van der Waals surface area (Å²) >= 11 is 0. The van der Waals surface area contributed by atoms with Crippen molar-refractivity contribution < 1.29 is 18.3 Å². The van der Waals surface area contributed by atoms with Crippen molar-refractivity contribution in [2.75, 3.05) is 36.5 Å². The Morgan fingerprint density at radius 2 is 1.92 bits per heavy atom. The number of nitrogens with zero attached hydrogens (tertiary/aromatic N) is 4. The third kappa shape index (κ3) is 5.04. The fraction of sp³-hybridized carbons (Fsp3) is 0.538. The highest BCUT2D eigenvalue weighted by atomic mass is 19.3. The van der Waals surface area contributed by atoms with Gasteiger partial charge in [-0.25, -0.2) is 13.8 Å². The van der Waals surface area contributed by atoms with E-state index in [0.29, 0.717) is 17.8 Å². The van der Waals surface area contributed by atoms with Crippen molar-refractivity contribution in [2.45, 2.75) is 62.3 Å². The summed E-state index contributed by atoms with van der Waals surface area (Å²) in [6.45, 7) is 2.02. The number of halogens is 2. The van der Waals surface area contributed by atoms with E-state index in [9.17, 15) is 8.78 Å². The van der Waals surface area contributed by atoms with Crippen LogP contribution in [0, 0.1) is 0 Å². The van der Waals surface area contributed by atoms with E-state index < -0.39 is 11.8 Å². The summed E-state index contributed by atoms with van der Waals surface area (Å²) in [4.78, 5) is 6.34. The number of hydrogen-bond acceptors (Lipinski definition) is 7. The number of anilines is 2. The summed E-state index contributed by atoms with van der Waals surface area (Å²) in [5.74, 6) is -1.93. The maximum atomic E-state index is 13.6. The minimum absolute atomic E-state index is 0.158. The van der Waals surface area contributed by atoms with Crippen molar-refractivity contribution in [1.29, 1.82) is 0 Å². The summed E-state index contributed by atoms with van der Waals surface area (Å²) in [5.41, 5.74) is 1.74. The average Bonchev–Trinajstić information content (AvgIpc) is 3.66. The summed E-state index contributed by atoms with van der Waals surface area (Å²) in [6, 6.07) is 4.18. The van der Waals surface area contributed by atoms with Gasteiger partial charge in [0.15, 0.2) is 5.75 Å². The topological polar surface area (TPSA) is 76.5 Å². The Bertz CT molecular complexity index is 1130. The monoisotopic (exact) mass is 498 g/mol. The first kappa shape index (κ1) is 23.3. The van der Waals surface area contributed by atoms with Crippen LogP contribution in [0.4, 0.5) is 20.3 Å². The van der Waals surface area contributed by atoms with Crippen LogP contribution in [0.2, 0.25) is 0 Å². The fourth-order valence-electron chi connectivity index (χ4n) is 5.00. The highest BCUT2D eigenvalue weighted by molar-refractivity contribution is 5.55. The second kappa shape index (κ2) is 9.38. The molecule has 0 spiro atoms. The SMILES string of the molecule is FC1(F)CCN(c2cc(NC3(Oc4cn(C5CC5)nc4C4CCOCC4)C=CC=CN3)ccn2)CC1. The van der Waals surface area contributed by atoms with Crippen LogP contribution in [0.25, 0.3) is 0 Å². The predicted molar refractivity (Wildman–Crippen MR) is 132 cm³/mol. The van der Waals surface area contributed by atoms with E-state index in [4.69, 9.17) is 14.6 Å². The Morgan fingerprint density at radius 1 is 1.11 bits per heavy atom. The minimum atomic E-state index is -2.60. The molecule has 0 amide bonds. The molecular formula is C26H32F2N6O2. The third-order valence-electron chi connectivity index (χ3n) is 7.26. The minimum Gasteiger partial charge on any atom is -0.443 e. The maximum Gasteiger partial charge on any atom is 0.280 e. The van der Waals surface area contributed by atoms with Gasteiger partial charge in [0.1, 0.15) is 11.5 Å². The Balaban J connectivity index is 1.25. The molecule has 36 heavy (non-hydrogen) atoms. The first-order valence-corrected chi connectivity index (χ1v) is 12.8. The quantitative estimate of drug-likeness (QED) is 0.542. The molecular weight excluding hydrogens is 466 g/mol. The summed E-state index contributed by atoms with van der Waals surface area (Å²) < 4.78 is 41.6. The van der Waals surface area contributed by atoms with Gasteiger partial charge in [-0.1, -0.05) is 6.08 Å². The number of pyridine rings is 1. The molecule has 8 nitrogen and oxygen atoms in total. The molecule has 1 aliphatic carbocycles. The van der Waals surface area contributed by atoms with Crippen LogP contribution in [0.3, 0.4) is 0 Å². The zero-order valence-corrected chi connectivity index (χ0v) is 20.2. The molecule has 192 valence electrons. The first-order valence-electron chi connectivity index (χ1n) is 12.8. The number of allylic oxidation sites excluding steroid dienone is 2. The predicted octanol–water partition coefficient (Wildman–Crippen LogP) is 4.56. The smallest absolute Gasteiger partial charge is 0.280 e. The molecule has 10 heteroatoms. The second-order valence-electron chi connectivity index (χ2n) is 10.0. The van der Waals surface area contributed by atoms with Crippen molar-refractivity contribution in [2.24, 2.45) is 0 Å². The number of nitrogens with one attached hydrogen (secondary N) is 2. The summed E-state index contributed by atoms with van der Waals surface area (Å²) in [6.07, 6.45) is 15.1. The van der Waals surface area contributed by atoms with Crippen LogP contribution in [0.5, 0.6) is 5.75 Å².